The first-order valence-electron chi connectivity index (χ1n) is 6.37. The van der Waals surface area contributed by atoms with Gasteiger partial charge in [-0.25, -0.2) is 4.68 Å². The van der Waals surface area contributed by atoms with E-state index in [1.165, 1.54) is 29.2 Å². The number of benzene rings is 2. The molecule has 0 unspecified atom stereocenters. The second-order valence-corrected chi connectivity index (χ2v) is 5.28. The van der Waals surface area contributed by atoms with Crippen LogP contribution in [0.15, 0.2) is 36.4 Å². The van der Waals surface area contributed by atoms with Crippen molar-refractivity contribution in [2.75, 3.05) is 0 Å². The average Bonchev–Trinajstić information content (AvgIpc) is 3.20. The molecule has 0 spiro atoms. The number of hydrogen-bond donors (Lipinski definition) is 1. The molecule has 94 valence electrons. The summed E-state index contributed by atoms with van der Waals surface area (Å²) >= 11 is 5.19. The third kappa shape index (κ3) is 1.69. The minimum atomic E-state index is 0.448. The van der Waals surface area contributed by atoms with Gasteiger partial charge in [0.1, 0.15) is 0 Å². The van der Waals surface area contributed by atoms with Gasteiger partial charge >= 0.3 is 0 Å². The molecule has 0 saturated heterocycles. The Hall–Kier alpha value is -2.01. The zero-order valence-electron chi connectivity index (χ0n) is 10.2. The lowest BCUT2D eigenvalue weighted by atomic mass is 10.00. The van der Waals surface area contributed by atoms with E-state index >= 15 is 0 Å². The van der Waals surface area contributed by atoms with Gasteiger partial charge in [-0.15, -0.1) is 0 Å². The Labute approximate surface area is 115 Å². The van der Waals surface area contributed by atoms with E-state index < -0.39 is 0 Å². The molecule has 2 aromatic carbocycles. The molecule has 1 aliphatic rings. The molecular weight excluding hydrogens is 256 g/mol. The average molecular weight is 268 g/mol. The fourth-order valence-corrected chi connectivity index (χ4v) is 2.79. The highest BCUT2D eigenvalue weighted by atomic mass is 32.1. The quantitative estimate of drug-likeness (QED) is 0.725. The SMILES string of the molecule is S=c1nn[nH]n1-c1ccc(C2CC2)c2ccccc12. The van der Waals surface area contributed by atoms with Gasteiger partial charge in [0.2, 0.25) is 4.77 Å². The van der Waals surface area contributed by atoms with E-state index in [9.17, 15) is 0 Å². The smallest absolute Gasteiger partial charge is 0.209 e. The van der Waals surface area contributed by atoms with Gasteiger partial charge in [0.05, 0.1) is 5.69 Å². The molecule has 0 amide bonds. The summed E-state index contributed by atoms with van der Waals surface area (Å²) in [6.07, 6.45) is 2.60. The second kappa shape index (κ2) is 3.99. The van der Waals surface area contributed by atoms with Gasteiger partial charge < -0.3 is 0 Å². The number of tetrazole rings is 1. The lowest BCUT2D eigenvalue weighted by Gasteiger charge is -2.10. The predicted molar refractivity (Wildman–Crippen MR) is 76.0 cm³/mol. The highest BCUT2D eigenvalue weighted by Gasteiger charge is 2.25. The van der Waals surface area contributed by atoms with Crippen molar-refractivity contribution >= 4 is 23.0 Å². The molecule has 1 fully saturated rings. The summed E-state index contributed by atoms with van der Waals surface area (Å²) in [5, 5.41) is 12.9. The third-order valence-electron chi connectivity index (χ3n) is 3.66. The first kappa shape index (κ1) is 10.9. The van der Waals surface area contributed by atoms with Gasteiger partial charge in [0, 0.05) is 5.39 Å². The van der Waals surface area contributed by atoms with Gasteiger partial charge in [-0.3, -0.25) is 0 Å². The number of nitrogens with zero attached hydrogens (tertiary/aromatic N) is 3. The van der Waals surface area contributed by atoms with Crippen molar-refractivity contribution < 1.29 is 0 Å². The van der Waals surface area contributed by atoms with Crippen molar-refractivity contribution in [3.63, 3.8) is 0 Å². The molecule has 0 radical (unpaired) electrons. The summed E-state index contributed by atoms with van der Waals surface area (Å²) in [4.78, 5) is 0. The molecule has 5 heteroatoms. The molecule has 0 aliphatic heterocycles. The molecule has 0 bridgehead atoms. The highest BCUT2D eigenvalue weighted by Crippen LogP contribution is 2.43. The molecule has 1 aliphatic carbocycles. The van der Waals surface area contributed by atoms with Crippen molar-refractivity contribution in [2.45, 2.75) is 18.8 Å². The van der Waals surface area contributed by atoms with Crippen LogP contribution in [-0.4, -0.2) is 20.2 Å². The Morgan fingerprint density at radius 2 is 1.89 bits per heavy atom. The third-order valence-corrected chi connectivity index (χ3v) is 3.93. The molecule has 4 rings (SSSR count). The molecule has 19 heavy (non-hydrogen) atoms. The van der Waals surface area contributed by atoms with E-state index in [0.717, 1.165) is 11.6 Å². The maximum absolute atomic E-state index is 5.19. The van der Waals surface area contributed by atoms with Crippen molar-refractivity contribution in [2.24, 2.45) is 0 Å². The van der Waals surface area contributed by atoms with Crippen LogP contribution in [0.4, 0.5) is 0 Å². The lowest BCUT2D eigenvalue weighted by molar-refractivity contribution is 0.790. The molecule has 1 N–H and O–H groups in total. The fourth-order valence-electron chi connectivity index (χ4n) is 2.61. The standard InChI is InChI=1S/C14H12N4S/c19-14-15-16-17-18(14)13-8-7-10(9-5-6-9)11-3-1-2-4-12(11)13/h1-4,7-9H,5-6H2,(H,15,17,19). The van der Waals surface area contributed by atoms with E-state index in [2.05, 4.69) is 51.9 Å². The first-order valence-corrected chi connectivity index (χ1v) is 6.77. The van der Waals surface area contributed by atoms with Gasteiger partial charge in [-0.05, 0) is 48.0 Å². The lowest BCUT2D eigenvalue weighted by Crippen LogP contribution is -1.99. The van der Waals surface area contributed by atoms with E-state index in [0.29, 0.717) is 4.77 Å². The van der Waals surface area contributed by atoms with E-state index in [1.807, 2.05) is 0 Å². The Bertz CT molecular complexity index is 813. The Kier molecular flexibility index (Phi) is 2.29. The maximum Gasteiger partial charge on any atom is 0.242 e. The number of H-pyrrole nitrogens is 1. The van der Waals surface area contributed by atoms with Gasteiger partial charge in [-0.2, -0.15) is 5.21 Å². The second-order valence-electron chi connectivity index (χ2n) is 4.91. The summed E-state index contributed by atoms with van der Waals surface area (Å²) in [5.41, 5.74) is 2.45. The van der Waals surface area contributed by atoms with Gasteiger partial charge in [0.25, 0.3) is 0 Å². The summed E-state index contributed by atoms with van der Waals surface area (Å²) in [6, 6.07) is 12.8. The van der Waals surface area contributed by atoms with Crippen molar-refractivity contribution in [1.29, 1.82) is 0 Å². The van der Waals surface area contributed by atoms with Crippen LogP contribution in [0.2, 0.25) is 0 Å². The number of fused-ring (bicyclic) bond motifs is 1. The zero-order valence-corrected chi connectivity index (χ0v) is 11.0. The van der Waals surface area contributed by atoms with Crippen molar-refractivity contribution in [1.82, 2.24) is 20.2 Å². The first-order chi connectivity index (χ1) is 9.34. The summed E-state index contributed by atoms with van der Waals surface area (Å²) in [7, 11) is 0. The van der Waals surface area contributed by atoms with Crippen LogP contribution in [-0.2, 0) is 0 Å². The van der Waals surface area contributed by atoms with Crippen molar-refractivity contribution in [3.8, 4) is 5.69 Å². The normalized spacial score (nSPS) is 14.9. The Morgan fingerprint density at radius 3 is 2.58 bits per heavy atom. The van der Waals surface area contributed by atoms with Crippen LogP contribution in [0.5, 0.6) is 0 Å². The highest BCUT2D eigenvalue weighted by molar-refractivity contribution is 7.71. The number of aromatic nitrogens is 4. The Balaban J connectivity index is 2.05. The molecule has 1 heterocycles. The molecule has 1 saturated carbocycles. The largest absolute Gasteiger partial charge is 0.242 e. The minimum Gasteiger partial charge on any atom is -0.209 e. The van der Waals surface area contributed by atoms with E-state index in [4.69, 9.17) is 12.2 Å². The summed E-state index contributed by atoms with van der Waals surface area (Å²) < 4.78 is 2.19. The molecule has 3 aromatic rings. The van der Waals surface area contributed by atoms with Gasteiger partial charge in [-0.1, -0.05) is 40.6 Å². The van der Waals surface area contributed by atoms with E-state index in [-0.39, 0.29) is 0 Å². The molecule has 4 nitrogen and oxygen atoms in total. The number of rotatable bonds is 2. The van der Waals surface area contributed by atoms with Crippen LogP contribution in [0.3, 0.4) is 0 Å². The maximum atomic E-state index is 5.19. The van der Waals surface area contributed by atoms with Crippen LogP contribution in [0.25, 0.3) is 16.5 Å². The molecule has 0 atom stereocenters. The monoisotopic (exact) mass is 268 g/mol. The minimum absolute atomic E-state index is 0.448. The number of hydrogen-bond acceptors (Lipinski definition) is 3. The number of aromatic amines is 1. The molecule has 1 aromatic heterocycles. The topological polar surface area (TPSA) is 46.5 Å². The van der Waals surface area contributed by atoms with Crippen LogP contribution < -0.4 is 0 Å². The number of nitrogens with one attached hydrogen (secondary N) is 1. The van der Waals surface area contributed by atoms with Gasteiger partial charge in [0.15, 0.2) is 0 Å². The van der Waals surface area contributed by atoms with E-state index in [1.54, 1.807) is 4.68 Å². The molecular formula is C14H12N4S. The van der Waals surface area contributed by atoms with Crippen LogP contribution in [0, 0.1) is 4.77 Å². The zero-order chi connectivity index (χ0) is 12.8. The summed E-state index contributed by atoms with van der Waals surface area (Å²) in [5.74, 6) is 0.729. The van der Waals surface area contributed by atoms with Crippen molar-refractivity contribution in [3.05, 3.63) is 46.7 Å². The Morgan fingerprint density at radius 1 is 1.11 bits per heavy atom. The van der Waals surface area contributed by atoms with Crippen LogP contribution in [0.1, 0.15) is 24.3 Å². The predicted octanol–water partition coefficient (Wildman–Crippen LogP) is 3.36. The summed E-state index contributed by atoms with van der Waals surface area (Å²) in [6.45, 7) is 0. The van der Waals surface area contributed by atoms with Crippen LogP contribution >= 0.6 is 12.2 Å². The fraction of sp³-hybridized carbons (Fsp3) is 0.214.